The van der Waals surface area contributed by atoms with Gasteiger partial charge in [-0.1, -0.05) is 0 Å². The molecule has 6 nitrogen and oxygen atoms in total. The maximum atomic E-state index is 12.7. The van der Waals surface area contributed by atoms with Crippen molar-refractivity contribution in [2.24, 2.45) is 0 Å². The molecular weight excluding hydrogens is 365 g/mol. The smallest absolute Gasteiger partial charge is 0.365 e. The predicted octanol–water partition coefficient (Wildman–Crippen LogP) is 2.97. The lowest BCUT2D eigenvalue weighted by atomic mass is 10.1. The van der Waals surface area contributed by atoms with Gasteiger partial charge in [-0.15, -0.1) is 0 Å². The number of hydrogen-bond donors (Lipinski definition) is 0. The lowest BCUT2D eigenvalue weighted by Crippen LogP contribution is -2.47. The molecule has 0 radical (unpaired) electrons. The molecule has 3 aromatic rings. The number of alkyl halides is 3. The van der Waals surface area contributed by atoms with E-state index >= 15 is 0 Å². The van der Waals surface area contributed by atoms with E-state index in [-0.39, 0.29) is 12.1 Å². The minimum absolute atomic E-state index is 0.244. The van der Waals surface area contributed by atoms with Gasteiger partial charge in [0.25, 0.3) is 0 Å². The molecule has 0 spiro atoms. The largest absolute Gasteiger partial charge is 0.416 e. The van der Waals surface area contributed by atoms with Crippen LogP contribution < -0.4 is 9.80 Å². The lowest BCUT2D eigenvalue weighted by Gasteiger charge is -2.36. The molecular formula is C16H13F3N6S. The minimum atomic E-state index is -4.31. The van der Waals surface area contributed by atoms with Crippen LogP contribution in [-0.4, -0.2) is 43.9 Å². The monoisotopic (exact) mass is 378 g/mol. The predicted molar refractivity (Wildman–Crippen MR) is 91.3 cm³/mol. The van der Waals surface area contributed by atoms with Crippen LogP contribution in [0.2, 0.25) is 0 Å². The molecule has 2 saturated heterocycles. The molecule has 0 aliphatic carbocycles. The van der Waals surface area contributed by atoms with Crippen molar-refractivity contribution < 1.29 is 13.2 Å². The second-order valence-corrected chi connectivity index (χ2v) is 7.05. The van der Waals surface area contributed by atoms with Gasteiger partial charge in [-0.3, -0.25) is 0 Å². The number of nitrogens with zero attached hydrogens (tertiary/aromatic N) is 6. The number of hydrogen-bond acceptors (Lipinski definition) is 7. The molecule has 0 unspecified atom stereocenters. The molecule has 2 aliphatic heterocycles. The Hall–Kier alpha value is -2.49. The topological polar surface area (TPSA) is 58.0 Å². The third-order valence-corrected chi connectivity index (χ3v) is 5.60. The summed E-state index contributed by atoms with van der Waals surface area (Å²) in [5.74, 6) is 0.795. The molecule has 26 heavy (non-hydrogen) atoms. The van der Waals surface area contributed by atoms with Gasteiger partial charge in [0.05, 0.1) is 23.3 Å². The number of anilines is 2. The van der Waals surface area contributed by atoms with Crippen LogP contribution in [0.1, 0.15) is 12.0 Å². The zero-order chi connectivity index (χ0) is 17.9. The van der Waals surface area contributed by atoms with Gasteiger partial charge in [0.15, 0.2) is 17.0 Å². The Labute approximate surface area is 150 Å². The Morgan fingerprint density at radius 3 is 2.38 bits per heavy atom. The Kier molecular flexibility index (Phi) is 3.33. The summed E-state index contributed by atoms with van der Waals surface area (Å²) in [6, 6.07) is 5.90. The summed E-state index contributed by atoms with van der Waals surface area (Å²) in [5.41, 5.74) is 1.52. The SMILES string of the molecule is FC(F)(F)c1ccc(N2C[C@H]3C[C@H]2CN3c2ncnc3nsnc23)cc1. The molecule has 0 saturated carbocycles. The number of benzene rings is 1. The van der Waals surface area contributed by atoms with Crippen LogP contribution in [0.4, 0.5) is 24.7 Å². The molecule has 10 heteroatoms. The molecule has 2 aromatic heterocycles. The highest BCUT2D eigenvalue weighted by atomic mass is 32.1. The average molecular weight is 378 g/mol. The van der Waals surface area contributed by atoms with Crippen molar-refractivity contribution in [1.29, 1.82) is 0 Å². The van der Waals surface area contributed by atoms with Crippen molar-refractivity contribution in [3.05, 3.63) is 36.2 Å². The van der Waals surface area contributed by atoms with E-state index < -0.39 is 11.7 Å². The van der Waals surface area contributed by atoms with E-state index in [0.717, 1.165) is 54.9 Å². The van der Waals surface area contributed by atoms with Gasteiger partial charge in [-0.05, 0) is 30.7 Å². The number of rotatable bonds is 2. The highest BCUT2D eigenvalue weighted by Crippen LogP contribution is 2.39. The van der Waals surface area contributed by atoms with E-state index in [2.05, 4.69) is 28.5 Å². The Morgan fingerprint density at radius 1 is 0.962 bits per heavy atom. The number of halogens is 3. The molecule has 0 amide bonds. The van der Waals surface area contributed by atoms with E-state index in [9.17, 15) is 13.2 Å². The van der Waals surface area contributed by atoms with Crippen LogP contribution in [0.5, 0.6) is 0 Å². The van der Waals surface area contributed by atoms with Crippen molar-refractivity contribution in [1.82, 2.24) is 18.7 Å². The fourth-order valence-corrected chi connectivity index (χ4v) is 4.40. The first kappa shape index (κ1) is 15.7. The fourth-order valence-electron chi connectivity index (χ4n) is 3.90. The quantitative estimate of drug-likeness (QED) is 0.683. The number of aromatic nitrogens is 4. The van der Waals surface area contributed by atoms with Crippen molar-refractivity contribution in [2.45, 2.75) is 24.7 Å². The minimum Gasteiger partial charge on any atom is -0.365 e. The van der Waals surface area contributed by atoms with Crippen LogP contribution >= 0.6 is 11.7 Å². The van der Waals surface area contributed by atoms with Crippen molar-refractivity contribution in [3.8, 4) is 0 Å². The first-order chi connectivity index (χ1) is 12.5. The van der Waals surface area contributed by atoms with Gasteiger partial charge < -0.3 is 9.80 Å². The second kappa shape index (κ2) is 5.50. The number of piperazine rings is 1. The van der Waals surface area contributed by atoms with Gasteiger partial charge in [0.2, 0.25) is 0 Å². The summed E-state index contributed by atoms with van der Waals surface area (Å²) in [7, 11) is 0. The fraction of sp³-hybridized carbons (Fsp3) is 0.375. The first-order valence-electron chi connectivity index (χ1n) is 8.14. The van der Waals surface area contributed by atoms with E-state index in [1.54, 1.807) is 12.1 Å². The summed E-state index contributed by atoms with van der Waals surface area (Å²) >= 11 is 1.12. The molecule has 5 rings (SSSR count). The van der Waals surface area contributed by atoms with Gasteiger partial charge in [-0.2, -0.15) is 21.9 Å². The molecule has 0 N–H and O–H groups in total. The van der Waals surface area contributed by atoms with Gasteiger partial charge in [0, 0.05) is 24.8 Å². The van der Waals surface area contributed by atoms with Crippen LogP contribution in [0.25, 0.3) is 11.2 Å². The Morgan fingerprint density at radius 2 is 1.69 bits per heavy atom. The van der Waals surface area contributed by atoms with Gasteiger partial charge in [0.1, 0.15) is 6.33 Å². The Balaban J connectivity index is 1.38. The third kappa shape index (κ3) is 2.39. The van der Waals surface area contributed by atoms with E-state index in [4.69, 9.17) is 0 Å². The van der Waals surface area contributed by atoms with Crippen molar-refractivity contribution >= 4 is 34.4 Å². The zero-order valence-corrected chi connectivity index (χ0v) is 14.2. The summed E-state index contributed by atoms with van der Waals surface area (Å²) in [6.07, 6.45) is -1.86. The zero-order valence-electron chi connectivity index (χ0n) is 13.4. The molecule has 2 fully saturated rings. The second-order valence-electron chi connectivity index (χ2n) is 6.53. The van der Waals surface area contributed by atoms with E-state index in [1.807, 2.05) is 0 Å². The maximum Gasteiger partial charge on any atom is 0.416 e. The molecule has 134 valence electrons. The average Bonchev–Trinajstić information content (AvgIpc) is 3.35. The maximum absolute atomic E-state index is 12.7. The lowest BCUT2D eigenvalue weighted by molar-refractivity contribution is -0.137. The van der Waals surface area contributed by atoms with Crippen LogP contribution in [0.3, 0.4) is 0 Å². The van der Waals surface area contributed by atoms with Crippen LogP contribution in [0.15, 0.2) is 30.6 Å². The van der Waals surface area contributed by atoms with Crippen molar-refractivity contribution in [2.75, 3.05) is 22.9 Å². The normalized spacial score (nSPS) is 22.6. The highest BCUT2D eigenvalue weighted by Gasteiger charge is 2.44. The van der Waals surface area contributed by atoms with Crippen LogP contribution in [0, 0.1) is 0 Å². The van der Waals surface area contributed by atoms with Gasteiger partial charge >= 0.3 is 6.18 Å². The number of fused-ring (bicyclic) bond motifs is 3. The summed E-state index contributed by atoms with van der Waals surface area (Å²) < 4.78 is 46.7. The van der Waals surface area contributed by atoms with Crippen LogP contribution in [-0.2, 0) is 6.18 Å². The van der Waals surface area contributed by atoms with E-state index in [1.165, 1.54) is 6.33 Å². The molecule has 2 atom stereocenters. The van der Waals surface area contributed by atoms with Gasteiger partial charge in [-0.25, -0.2) is 9.97 Å². The summed E-state index contributed by atoms with van der Waals surface area (Å²) in [4.78, 5) is 12.9. The third-order valence-electron chi connectivity index (χ3n) is 5.08. The standard InChI is InChI=1S/C16H13F3N6S/c17-16(18,19)9-1-3-10(4-2-9)24-6-12-5-11(24)7-25(12)15-13-14(20-8-21-15)23-26-22-13/h1-4,8,11-12H,5-7H2/t11-,12+/m0/s1. The molecule has 4 heterocycles. The Bertz CT molecular complexity index is 957. The summed E-state index contributed by atoms with van der Waals surface area (Å²) in [6.45, 7) is 1.51. The summed E-state index contributed by atoms with van der Waals surface area (Å²) in [5, 5.41) is 0. The molecule has 2 aliphatic rings. The molecule has 1 aromatic carbocycles. The molecule has 2 bridgehead atoms. The van der Waals surface area contributed by atoms with E-state index in [0.29, 0.717) is 11.2 Å². The van der Waals surface area contributed by atoms with Crippen molar-refractivity contribution in [3.63, 3.8) is 0 Å². The first-order valence-corrected chi connectivity index (χ1v) is 8.87. The highest BCUT2D eigenvalue weighted by molar-refractivity contribution is 7.00.